The molecule has 11 heterocycles. The Labute approximate surface area is 470 Å². The Kier molecular flexibility index (Phi) is 16.1. The average molecular weight is 1240 g/mol. The fourth-order valence-corrected chi connectivity index (χ4v) is 14.3. The van der Waals surface area contributed by atoms with E-state index in [0.717, 1.165) is 0 Å². The number of nitrogens with two attached hydrogens (primary N) is 4. The molecule has 4 saturated heterocycles. The van der Waals surface area contributed by atoms with Crippen LogP contribution in [0, 0.1) is 6.92 Å². The summed E-state index contributed by atoms with van der Waals surface area (Å²) in [5.74, 6) is -0.172. The molecule has 0 bridgehead atoms. The molecule has 0 saturated carbocycles. The number of nitrogens with zero attached hydrogens (tertiary/aromatic N) is 12. The van der Waals surface area contributed by atoms with E-state index in [1.807, 2.05) is 6.92 Å². The minimum Gasteiger partial charge on any atom is -0.780 e. The Morgan fingerprint density at radius 3 is 1.74 bits per heavy atom. The van der Waals surface area contributed by atoms with E-state index in [-0.39, 0.29) is 82.9 Å². The molecule has 4 aliphatic heterocycles. The lowest BCUT2D eigenvalue weighted by Gasteiger charge is -2.35. The summed E-state index contributed by atoms with van der Waals surface area (Å²) in [4.78, 5) is 104. The van der Waals surface area contributed by atoms with Crippen LogP contribution in [0.1, 0.15) is 75.9 Å². The molecular formula is C41H50N18O16P3S3-3. The van der Waals surface area contributed by atoms with Crippen LogP contribution in [0.15, 0.2) is 45.9 Å². The van der Waals surface area contributed by atoms with Crippen molar-refractivity contribution in [1.82, 2.24) is 68.1 Å². The van der Waals surface area contributed by atoms with E-state index in [9.17, 15) is 28.7 Å². The molecule has 0 spiro atoms. The minimum absolute atomic E-state index is 0.0317. The second kappa shape index (κ2) is 22.7. The Morgan fingerprint density at radius 2 is 1.15 bits per heavy atom. The monoisotopic (exact) mass is 1240 g/mol. The van der Waals surface area contributed by atoms with Crippen molar-refractivity contribution in [3.63, 3.8) is 0 Å². The lowest BCUT2D eigenvalue weighted by atomic mass is 10.1. The molecule has 0 amide bonds. The summed E-state index contributed by atoms with van der Waals surface area (Å²) < 4.78 is 79.9. The van der Waals surface area contributed by atoms with Gasteiger partial charge in [-0.25, -0.2) is 29.7 Å². The Bertz CT molecular complexity index is 3870. The van der Waals surface area contributed by atoms with Gasteiger partial charge in [0.25, 0.3) is 11.1 Å². The maximum Gasteiger partial charge on any atom is 0.351 e. The third-order valence-electron chi connectivity index (χ3n) is 13.7. The van der Waals surface area contributed by atoms with Crippen LogP contribution >= 0.6 is 20.2 Å². The van der Waals surface area contributed by atoms with Gasteiger partial charge in [0, 0.05) is 31.0 Å². The highest BCUT2D eigenvalue weighted by Crippen LogP contribution is 2.53. The normalized spacial score (nSPS) is 28.3. The van der Waals surface area contributed by atoms with E-state index in [1.54, 1.807) is 11.5 Å². The van der Waals surface area contributed by atoms with Crippen LogP contribution in [-0.2, 0) is 86.5 Å². The highest BCUT2D eigenvalue weighted by molar-refractivity contribution is 8.32. The van der Waals surface area contributed by atoms with Crippen molar-refractivity contribution in [2.45, 2.75) is 120 Å². The number of ether oxygens (including phenoxy) is 4. The standard InChI is InChI=1S/C41H53N18O16P3S3/c1-3-19-20(6-26(70-19)56-9-17(2)32(42)51-41(56)62)73-77(64,80)67-11-23-21(7-27(71-23)58-14-48-29-33(43)46-13-47-34(29)58)75-78(65,81)68-12-24-22(8-28(72-24)59-16-50-31-36(59)53-40(45)55-38(31)61)74-76(63,79)66-10-18-4-5-25(69-18)57-15-49-30-35(57)52-39(44)54-37(30)60/h9,13-16,18-28H,3-8,10-12H2,1-2H3,(H,63,79)(H,64,80)(H,65,81)(H2,42,51,62)(H2,43,46,47)(H3,44,52,54,60)(H3,45,53,55,61)/p-3/t18-,19+,20+,21+,22+,23+,24+,25+,26+,27+,28+,76?,77?,78?/m0/s1. The maximum absolute atomic E-state index is 14.4. The topological polar surface area (TPSA) is 465 Å². The number of hydrogen-bond donors (Lipinski definition) is 6. The number of nitrogen functional groups attached to an aromatic ring is 4. The number of aromatic amines is 2. The van der Waals surface area contributed by atoms with Crippen LogP contribution < -0.4 is 49.5 Å². The number of fused-ring (bicyclic) bond motifs is 3. The van der Waals surface area contributed by atoms with Gasteiger partial charge in [0.05, 0.1) is 69.3 Å². The summed E-state index contributed by atoms with van der Waals surface area (Å²) in [6, 6.07) is 0. The third-order valence-corrected chi connectivity index (χ3v) is 18.4. The smallest absolute Gasteiger partial charge is 0.351 e. The second-order valence-electron chi connectivity index (χ2n) is 19.1. The third kappa shape index (κ3) is 12.2. The highest BCUT2D eigenvalue weighted by atomic mass is 32.7. The van der Waals surface area contributed by atoms with Crippen LogP contribution in [-0.4, -0.2) is 131 Å². The number of H-pyrrole nitrogens is 2. The van der Waals surface area contributed by atoms with Crippen molar-refractivity contribution in [2.75, 3.05) is 42.8 Å². The molecule has 7 aromatic heterocycles. The average Bonchev–Trinajstić information content (AvgIpc) is 4.35. The van der Waals surface area contributed by atoms with Crippen LogP contribution in [0.4, 0.5) is 23.5 Å². The van der Waals surface area contributed by atoms with Crippen LogP contribution in [0.5, 0.6) is 0 Å². The number of rotatable bonds is 20. The van der Waals surface area contributed by atoms with Crippen LogP contribution in [0.25, 0.3) is 33.5 Å². The van der Waals surface area contributed by atoms with E-state index < -0.39 is 118 Å². The van der Waals surface area contributed by atoms with E-state index in [1.165, 1.54) is 45.2 Å². The van der Waals surface area contributed by atoms with Gasteiger partial charge < -0.3 is 91.1 Å². The molecule has 3 unspecified atom stereocenters. The van der Waals surface area contributed by atoms with Gasteiger partial charge in [-0.1, -0.05) is 30.5 Å². The van der Waals surface area contributed by atoms with Crippen LogP contribution in [0.3, 0.4) is 0 Å². The Balaban J connectivity index is 0.784. The second-order valence-corrected chi connectivity index (χ2v) is 27.2. The molecule has 436 valence electrons. The van der Waals surface area contributed by atoms with E-state index in [0.29, 0.717) is 24.8 Å². The van der Waals surface area contributed by atoms with Crippen LogP contribution in [0.2, 0.25) is 0 Å². The Morgan fingerprint density at radius 1 is 0.642 bits per heavy atom. The molecule has 34 nitrogen and oxygen atoms in total. The number of hydrogen-bond acceptors (Lipinski definition) is 31. The van der Waals surface area contributed by atoms with Crippen molar-refractivity contribution >= 4 is 113 Å². The van der Waals surface area contributed by atoms with E-state index >= 15 is 0 Å². The zero-order valence-corrected chi connectivity index (χ0v) is 47.5. The largest absolute Gasteiger partial charge is 0.780 e. The van der Waals surface area contributed by atoms with Gasteiger partial charge in [-0.2, -0.15) is 15.0 Å². The molecule has 14 atom stereocenters. The first kappa shape index (κ1) is 57.5. The van der Waals surface area contributed by atoms with Crippen molar-refractivity contribution in [1.29, 1.82) is 0 Å². The van der Waals surface area contributed by atoms with Gasteiger partial charge in [0.1, 0.15) is 68.2 Å². The molecule has 11 rings (SSSR count). The van der Waals surface area contributed by atoms with Gasteiger partial charge in [0.15, 0.2) is 40.6 Å². The summed E-state index contributed by atoms with van der Waals surface area (Å²) in [7, 11) is 0. The number of anilines is 4. The molecule has 4 fully saturated rings. The quantitative estimate of drug-likeness (QED) is 0.0431. The summed E-state index contributed by atoms with van der Waals surface area (Å²) in [6.45, 7) is -11.5. The van der Waals surface area contributed by atoms with Gasteiger partial charge in [0.2, 0.25) is 11.9 Å². The predicted octanol–water partition coefficient (Wildman–Crippen LogP) is -0.0331. The van der Waals surface area contributed by atoms with Gasteiger partial charge in [-0.05, 0) is 26.2 Å². The zero-order chi connectivity index (χ0) is 57.3. The first-order valence-electron chi connectivity index (χ1n) is 24.8. The fraction of sp³-hybridized carbons (Fsp3) is 0.537. The van der Waals surface area contributed by atoms with E-state index in [2.05, 4.69) is 49.8 Å². The molecule has 0 aromatic carbocycles. The summed E-state index contributed by atoms with van der Waals surface area (Å²) in [5.41, 5.74) is 23.0. The van der Waals surface area contributed by atoms with Crippen molar-refractivity contribution < 1.29 is 60.4 Å². The van der Waals surface area contributed by atoms with E-state index in [4.69, 9.17) is 105 Å². The van der Waals surface area contributed by atoms with Gasteiger partial charge >= 0.3 is 5.69 Å². The number of aryl methyl sites for hydroxylation is 1. The Hall–Kier alpha value is -5.27. The summed E-state index contributed by atoms with van der Waals surface area (Å²) >= 11 is 16.2. The number of nitrogens with one attached hydrogen (secondary N) is 2. The summed E-state index contributed by atoms with van der Waals surface area (Å²) in [5, 5.41) is 0. The maximum atomic E-state index is 14.4. The molecule has 0 radical (unpaired) electrons. The van der Waals surface area contributed by atoms with Gasteiger partial charge in [-0.3, -0.25) is 42.4 Å². The number of imidazole rings is 3. The zero-order valence-electron chi connectivity index (χ0n) is 42.4. The van der Waals surface area contributed by atoms with Crippen molar-refractivity contribution in [2.24, 2.45) is 0 Å². The molecular weight excluding hydrogens is 1190 g/mol. The lowest BCUT2D eigenvalue weighted by molar-refractivity contribution is -0.219. The van der Waals surface area contributed by atoms with Gasteiger partial charge in [-0.15, -0.1) is 0 Å². The van der Waals surface area contributed by atoms with Crippen molar-refractivity contribution in [3.8, 4) is 0 Å². The SMILES string of the molecule is CC[C@H]1O[C@@H](n2cc(C)c(N)nc2=O)C[C@H]1OP(=O)([S-])OC[C@H]1O[C@@H](n2cnc3c(N)ncnc32)C[C@H]1OP([O-])(=S)OC[C@H]1O[C@@H](n2cnc3c(=O)[nH]c(N)nc32)C[C@H]1OP([O-])(=S)OC[C@@H]1CC[C@H](n2cnc3c(=O)[nH]c(N)nc32)O1. The summed E-state index contributed by atoms with van der Waals surface area (Å²) in [6.07, 6.45) is -2.80. The molecule has 4 aliphatic rings. The molecule has 7 aromatic rings. The first-order valence-corrected chi connectivity index (χ1v) is 32.4. The molecule has 10 N–H and O–H groups in total. The fourth-order valence-electron chi connectivity index (χ4n) is 9.89. The molecule has 40 heteroatoms. The minimum atomic E-state index is -4.64. The first-order chi connectivity index (χ1) is 38.5. The highest BCUT2D eigenvalue weighted by Gasteiger charge is 2.44. The number of aromatic nitrogens is 14. The molecule has 81 heavy (non-hydrogen) atoms. The van der Waals surface area contributed by atoms with Crippen molar-refractivity contribution in [3.05, 3.63) is 68.3 Å². The predicted molar refractivity (Wildman–Crippen MR) is 288 cm³/mol. The lowest BCUT2D eigenvalue weighted by Crippen LogP contribution is -2.33. The molecule has 0 aliphatic carbocycles.